The van der Waals surface area contributed by atoms with Gasteiger partial charge in [0.2, 0.25) is 0 Å². The maximum atomic E-state index is 13.9. The quantitative estimate of drug-likeness (QED) is 0.373. The molecule has 4 aromatic carbocycles. The average Bonchev–Trinajstić information content (AvgIpc) is 3.16. The molecule has 148 valence electrons. The Hall–Kier alpha value is -4.11. The van der Waals surface area contributed by atoms with Crippen molar-refractivity contribution in [2.45, 2.75) is 6.42 Å². The lowest BCUT2D eigenvalue weighted by atomic mass is 10.0. The number of benzene rings is 4. The summed E-state index contributed by atoms with van der Waals surface area (Å²) in [5.74, 6) is 0. The first kappa shape index (κ1) is 17.7. The van der Waals surface area contributed by atoms with Crippen molar-refractivity contribution in [1.82, 2.24) is 4.40 Å². The van der Waals surface area contributed by atoms with Crippen LogP contribution in [-0.2, 0) is 6.42 Å². The molecule has 0 aliphatic heterocycles. The number of pyridine rings is 1. The molecule has 3 nitrogen and oxygen atoms in total. The fraction of sp³-hybridized carbons (Fsp3) is 0.0357. The summed E-state index contributed by atoms with van der Waals surface area (Å²) < 4.78 is 1.90. The van der Waals surface area contributed by atoms with Gasteiger partial charge in [0.05, 0.1) is 16.7 Å². The fourth-order valence-electron chi connectivity index (χ4n) is 4.61. The van der Waals surface area contributed by atoms with Crippen LogP contribution in [0.3, 0.4) is 0 Å². The van der Waals surface area contributed by atoms with Crippen LogP contribution >= 0.6 is 0 Å². The van der Waals surface area contributed by atoms with Gasteiger partial charge >= 0.3 is 0 Å². The molecule has 0 spiro atoms. The Morgan fingerprint density at radius 3 is 2.10 bits per heavy atom. The van der Waals surface area contributed by atoms with Crippen LogP contribution < -0.4 is 10.9 Å². The molecule has 2 aromatic heterocycles. The molecule has 0 aliphatic rings. The number of anilines is 2. The molecule has 31 heavy (non-hydrogen) atoms. The minimum atomic E-state index is 0.0344. The van der Waals surface area contributed by atoms with E-state index in [-0.39, 0.29) is 5.56 Å². The van der Waals surface area contributed by atoms with Crippen molar-refractivity contribution in [1.29, 1.82) is 0 Å². The number of hydrogen-bond donors (Lipinski definition) is 1. The molecule has 0 bridgehead atoms. The first-order chi connectivity index (χ1) is 15.3. The van der Waals surface area contributed by atoms with Crippen LogP contribution in [0.1, 0.15) is 11.1 Å². The van der Waals surface area contributed by atoms with Crippen molar-refractivity contribution in [3.63, 3.8) is 0 Å². The standard InChI is InChI=1S/C28H20N2O/c31-28-24(18-19-10-3-1-4-11-19)26(29-20-12-5-2-6-13-20)23-16-9-15-22-21-14-7-8-17-25(21)30(28)27(22)23/h1-17,29H,18H2. The van der Waals surface area contributed by atoms with Gasteiger partial charge in [-0.25, -0.2) is 0 Å². The largest absolute Gasteiger partial charge is 0.355 e. The third kappa shape index (κ3) is 2.78. The normalized spacial score (nSPS) is 11.5. The summed E-state index contributed by atoms with van der Waals surface area (Å²) in [6.07, 6.45) is 0.567. The second-order valence-corrected chi connectivity index (χ2v) is 7.87. The number of aromatic nitrogens is 1. The highest BCUT2D eigenvalue weighted by Gasteiger charge is 2.21. The molecule has 0 saturated carbocycles. The van der Waals surface area contributed by atoms with E-state index >= 15 is 0 Å². The van der Waals surface area contributed by atoms with Crippen LogP contribution in [0.5, 0.6) is 0 Å². The van der Waals surface area contributed by atoms with Gasteiger partial charge < -0.3 is 5.32 Å². The lowest BCUT2D eigenvalue weighted by molar-refractivity contribution is 1.08. The first-order valence-electron chi connectivity index (χ1n) is 10.5. The van der Waals surface area contributed by atoms with E-state index in [0.717, 1.165) is 49.7 Å². The SMILES string of the molecule is O=c1c(Cc2ccccc2)c(Nc2ccccc2)c2cccc3c4ccccc4n1c23. The minimum Gasteiger partial charge on any atom is -0.355 e. The Morgan fingerprint density at radius 1 is 0.645 bits per heavy atom. The summed E-state index contributed by atoms with van der Waals surface area (Å²) in [5, 5.41) is 6.84. The molecule has 0 amide bonds. The molecule has 2 heterocycles. The van der Waals surface area contributed by atoms with Crippen LogP contribution in [-0.4, -0.2) is 4.40 Å². The summed E-state index contributed by atoms with van der Waals surface area (Å²) in [4.78, 5) is 13.9. The van der Waals surface area contributed by atoms with Gasteiger partial charge in [0.1, 0.15) is 0 Å². The number of nitrogens with zero attached hydrogens (tertiary/aromatic N) is 1. The molecule has 0 fully saturated rings. The van der Waals surface area contributed by atoms with Crippen molar-refractivity contribution in [3.8, 4) is 0 Å². The molecular weight excluding hydrogens is 380 g/mol. The molecular formula is C28H20N2O. The maximum absolute atomic E-state index is 13.9. The second-order valence-electron chi connectivity index (χ2n) is 7.87. The minimum absolute atomic E-state index is 0.0344. The summed E-state index contributed by atoms with van der Waals surface area (Å²) in [5.41, 5.74) is 5.72. The van der Waals surface area contributed by atoms with E-state index in [1.807, 2.05) is 71.1 Å². The van der Waals surface area contributed by atoms with Gasteiger partial charge in [-0.3, -0.25) is 9.20 Å². The van der Waals surface area contributed by atoms with Crippen LogP contribution in [0.2, 0.25) is 0 Å². The third-order valence-electron chi connectivity index (χ3n) is 5.99. The van der Waals surface area contributed by atoms with Crippen molar-refractivity contribution < 1.29 is 0 Å². The molecule has 0 atom stereocenters. The van der Waals surface area contributed by atoms with Gasteiger partial charge in [0.15, 0.2) is 0 Å². The zero-order chi connectivity index (χ0) is 20.8. The Bertz CT molecular complexity index is 1580. The van der Waals surface area contributed by atoms with E-state index in [0.29, 0.717) is 6.42 Å². The van der Waals surface area contributed by atoms with E-state index in [1.54, 1.807) is 0 Å². The van der Waals surface area contributed by atoms with E-state index in [4.69, 9.17) is 0 Å². The molecule has 3 heteroatoms. The van der Waals surface area contributed by atoms with E-state index < -0.39 is 0 Å². The van der Waals surface area contributed by atoms with Crippen LogP contribution in [0.25, 0.3) is 27.2 Å². The van der Waals surface area contributed by atoms with Crippen LogP contribution in [0, 0.1) is 0 Å². The predicted octanol–water partition coefficient (Wildman–Crippen LogP) is 6.38. The van der Waals surface area contributed by atoms with Gasteiger partial charge in [-0.1, -0.05) is 84.9 Å². The highest BCUT2D eigenvalue weighted by Crippen LogP contribution is 2.36. The summed E-state index contributed by atoms with van der Waals surface area (Å²) in [7, 11) is 0. The number of para-hydroxylation sites is 3. The smallest absolute Gasteiger partial charge is 0.261 e. The Balaban J connectivity index is 1.73. The van der Waals surface area contributed by atoms with Gasteiger partial charge in [-0.2, -0.15) is 0 Å². The maximum Gasteiger partial charge on any atom is 0.261 e. The summed E-state index contributed by atoms with van der Waals surface area (Å²) in [6.45, 7) is 0. The molecule has 0 unspecified atom stereocenters. The zero-order valence-corrected chi connectivity index (χ0v) is 16.9. The first-order valence-corrected chi connectivity index (χ1v) is 10.5. The van der Waals surface area contributed by atoms with E-state index in [1.165, 1.54) is 0 Å². The van der Waals surface area contributed by atoms with Gasteiger partial charge in [0.25, 0.3) is 5.56 Å². The highest BCUT2D eigenvalue weighted by atomic mass is 16.1. The third-order valence-corrected chi connectivity index (χ3v) is 5.99. The molecule has 1 N–H and O–H groups in total. The fourth-order valence-corrected chi connectivity index (χ4v) is 4.61. The topological polar surface area (TPSA) is 33.5 Å². The second kappa shape index (κ2) is 6.99. The number of rotatable bonds is 4. The molecule has 0 radical (unpaired) electrons. The van der Waals surface area contributed by atoms with Crippen LogP contribution in [0.15, 0.2) is 108 Å². The molecule has 6 rings (SSSR count). The Labute approximate surface area is 179 Å². The predicted molar refractivity (Wildman–Crippen MR) is 129 cm³/mol. The van der Waals surface area contributed by atoms with E-state index in [2.05, 4.69) is 41.7 Å². The van der Waals surface area contributed by atoms with Crippen molar-refractivity contribution in [2.75, 3.05) is 5.32 Å². The van der Waals surface area contributed by atoms with Gasteiger partial charge in [-0.05, 0) is 23.8 Å². The number of hydrogen-bond acceptors (Lipinski definition) is 2. The monoisotopic (exact) mass is 400 g/mol. The number of nitrogens with one attached hydrogen (secondary N) is 1. The lowest BCUT2D eigenvalue weighted by Gasteiger charge is -2.16. The summed E-state index contributed by atoms with van der Waals surface area (Å²) in [6, 6.07) is 34.7. The van der Waals surface area contributed by atoms with Gasteiger partial charge in [-0.15, -0.1) is 0 Å². The van der Waals surface area contributed by atoms with Crippen LogP contribution in [0.4, 0.5) is 11.4 Å². The summed E-state index contributed by atoms with van der Waals surface area (Å²) >= 11 is 0. The number of fused-ring (bicyclic) bond motifs is 3. The molecule has 6 aromatic rings. The Kier molecular flexibility index (Phi) is 4.00. The molecule has 0 saturated heterocycles. The van der Waals surface area contributed by atoms with Crippen molar-refractivity contribution >= 4 is 38.6 Å². The lowest BCUT2D eigenvalue weighted by Crippen LogP contribution is -2.20. The zero-order valence-electron chi connectivity index (χ0n) is 16.9. The van der Waals surface area contributed by atoms with Gasteiger partial charge in [0, 0.05) is 33.8 Å². The van der Waals surface area contributed by atoms with Crippen molar-refractivity contribution in [2.24, 2.45) is 0 Å². The Morgan fingerprint density at radius 2 is 1.29 bits per heavy atom. The van der Waals surface area contributed by atoms with E-state index in [9.17, 15) is 4.79 Å². The highest BCUT2D eigenvalue weighted by molar-refractivity contribution is 6.16. The molecule has 0 aliphatic carbocycles. The van der Waals surface area contributed by atoms with Crippen molar-refractivity contribution in [3.05, 3.63) is 125 Å². The average molecular weight is 400 g/mol.